The number of aromatic amines is 1. The molecule has 0 spiro atoms. The monoisotopic (exact) mass is 481 g/mol. The van der Waals surface area contributed by atoms with E-state index in [9.17, 15) is 14.4 Å². The van der Waals surface area contributed by atoms with Crippen molar-refractivity contribution >= 4 is 33.5 Å². The zero-order valence-corrected chi connectivity index (χ0v) is 19.4. The summed E-state index contributed by atoms with van der Waals surface area (Å²) < 4.78 is 6.53. The van der Waals surface area contributed by atoms with E-state index in [1.807, 2.05) is 48.5 Å². The van der Waals surface area contributed by atoms with Crippen LogP contribution >= 0.6 is 0 Å². The molecule has 3 N–H and O–H groups in total. The van der Waals surface area contributed by atoms with Gasteiger partial charge in [-0.1, -0.05) is 48.5 Å². The average Bonchev–Trinajstić information content (AvgIpc) is 3.31. The van der Waals surface area contributed by atoms with Crippen LogP contribution in [0.1, 0.15) is 21.6 Å². The maximum Gasteiger partial charge on any atom is 0.290 e. The third kappa shape index (κ3) is 4.54. The van der Waals surface area contributed by atoms with E-state index in [1.165, 1.54) is 4.68 Å². The van der Waals surface area contributed by atoms with Gasteiger partial charge in [-0.05, 0) is 35.4 Å². The van der Waals surface area contributed by atoms with Crippen molar-refractivity contribution in [1.29, 1.82) is 0 Å². The largest absolute Gasteiger partial charge is 0.497 e. The first-order valence-electron chi connectivity index (χ1n) is 11.3. The maximum atomic E-state index is 13.1. The Labute approximate surface area is 205 Å². The number of methoxy groups -OCH3 is 1. The number of hydrogen-bond donors (Lipinski definition) is 3. The lowest BCUT2D eigenvalue weighted by molar-refractivity contribution is -0.121. The summed E-state index contributed by atoms with van der Waals surface area (Å²) >= 11 is 0. The summed E-state index contributed by atoms with van der Waals surface area (Å²) in [7, 11) is 1.58. The highest BCUT2D eigenvalue weighted by Crippen LogP contribution is 2.24. The van der Waals surface area contributed by atoms with Crippen LogP contribution in [0.3, 0.4) is 0 Å². The average molecular weight is 482 g/mol. The quantitative estimate of drug-likeness (QED) is 0.322. The molecule has 2 aromatic heterocycles. The van der Waals surface area contributed by atoms with E-state index in [2.05, 4.69) is 20.9 Å². The molecule has 0 aliphatic heterocycles. The Balaban J connectivity index is 1.36. The fraction of sp³-hybridized carbons (Fsp3) is 0.111. The Morgan fingerprint density at radius 1 is 0.944 bits per heavy atom. The fourth-order valence-electron chi connectivity index (χ4n) is 4.10. The molecule has 0 bridgehead atoms. The number of carbonyl (C=O) groups is 2. The first-order chi connectivity index (χ1) is 17.5. The molecular formula is C27H23N5O4. The Hall–Kier alpha value is -4.92. The molecule has 36 heavy (non-hydrogen) atoms. The van der Waals surface area contributed by atoms with Crippen LogP contribution in [0.4, 0.5) is 0 Å². The fourth-order valence-corrected chi connectivity index (χ4v) is 4.10. The van der Waals surface area contributed by atoms with E-state index >= 15 is 0 Å². The number of hydrogen-bond acceptors (Lipinski definition) is 5. The summed E-state index contributed by atoms with van der Waals surface area (Å²) in [5, 5.41) is 5.96. The number of aromatic nitrogens is 3. The van der Waals surface area contributed by atoms with E-state index in [1.54, 1.807) is 37.6 Å². The molecule has 0 saturated heterocycles. The Kier molecular flexibility index (Phi) is 6.19. The molecule has 0 fully saturated rings. The van der Waals surface area contributed by atoms with Gasteiger partial charge in [-0.15, -0.1) is 0 Å². The second-order valence-electron chi connectivity index (χ2n) is 8.25. The molecule has 0 aliphatic carbocycles. The summed E-state index contributed by atoms with van der Waals surface area (Å²) in [4.78, 5) is 41.8. The van der Waals surface area contributed by atoms with Gasteiger partial charge in [0.1, 0.15) is 5.75 Å². The minimum absolute atomic E-state index is 0.0368. The number of nitrogens with zero attached hydrogens (tertiary/aromatic N) is 2. The standard InChI is InChI=1S/C27H23N5O4/c1-36-19-11-12-23-22(14-19)18(15-28-23)13-24(33)29-30-26(34)25-20-9-5-6-10-21(20)27(35)32(31-25)16-17-7-3-2-4-8-17/h2-12,14-15,28H,13,16H2,1H3,(H,29,33)(H,30,34). The molecule has 5 aromatic rings. The van der Waals surface area contributed by atoms with Gasteiger partial charge >= 0.3 is 0 Å². The Morgan fingerprint density at radius 2 is 1.69 bits per heavy atom. The van der Waals surface area contributed by atoms with Crippen LogP contribution in [0.2, 0.25) is 0 Å². The van der Waals surface area contributed by atoms with Crippen molar-refractivity contribution in [3.63, 3.8) is 0 Å². The van der Waals surface area contributed by atoms with Gasteiger partial charge in [-0.3, -0.25) is 25.2 Å². The van der Waals surface area contributed by atoms with Gasteiger partial charge in [0.25, 0.3) is 11.5 Å². The molecule has 9 heteroatoms. The third-order valence-corrected chi connectivity index (χ3v) is 5.90. The van der Waals surface area contributed by atoms with Crippen molar-refractivity contribution in [2.75, 3.05) is 7.11 Å². The normalized spacial score (nSPS) is 10.9. The molecule has 0 aliphatic rings. The summed E-state index contributed by atoms with van der Waals surface area (Å²) in [6.45, 7) is 0.209. The van der Waals surface area contributed by atoms with Gasteiger partial charge in [-0.2, -0.15) is 5.10 Å². The van der Waals surface area contributed by atoms with E-state index in [4.69, 9.17) is 4.74 Å². The smallest absolute Gasteiger partial charge is 0.290 e. The van der Waals surface area contributed by atoms with Crippen molar-refractivity contribution in [1.82, 2.24) is 25.6 Å². The summed E-state index contributed by atoms with van der Waals surface area (Å²) in [5.41, 5.74) is 7.13. The van der Waals surface area contributed by atoms with Crippen molar-refractivity contribution < 1.29 is 14.3 Å². The first-order valence-corrected chi connectivity index (χ1v) is 11.3. The van der Waals surface area contributed by atoms with E-state index in [-0.39, 0.29) is 24.2 Å². The van der Waals surface area contributed by atoms with Gasteiger partial charge in [0, 0.05) is 22.5 Å². The lowest BCUT2D eigenvalue weighted by atomic mass is 10.1. The molecule has 180 valence electrons. The van der Waals surface area contributed by atoms with Crippen LogP contribution in [0.5, 0.6) is 5.75 Å². The Morgan fingerprint density at radius 3 is 2.47 bits per heavy atom. The second kappa shape index (κ2) is 9.75. The molecule has 2 amide bonds. The molecule has 0 atom stereocenters. The number of benzene rings is 3. The van der Waals surface area contributed by atoms with Crippen LogP contribution < -0.4 is 21.1 Å². The number of fused-ring (bicyclic) bond motifs is 2. The van der Waals surface area contributed by atoms with Crippen molar-refractivity contribution in [2.24, 2.45) is 0 Å². The third-order valence-electron chi connectivity index (χ3n) is 5.90. The SMILES string of the molecule is COc1ccc2[nH]cc(CC(=O)NNC(=O)c3nn(Cc4ccccc4)c(=O)c4ccccc34)c2c1. The van der Waals surface area contributed by atoms with E-state index in [0.717, 1.165) is 22.0 Å². The predicted octanol–water partition coefficient (Wildman–Crippen LogP) is 2.94. The molecule has 0 unspecified atom stereocenters. The summed E-state index contributed by atoms with van der Waals surface area (Å²) in [6.07, 6.45) is 1.79. The highest BCUT2D eigenvalue weighted by Gasteiger charge is 2.18. The molecule has 5 rings (SSSR count). The highest BCUT2D eigenvalue weighted by molar-refractivity contribution is 6.05. The molecular weight excluding hydrogens is 458 g/mol. The van der Waals surface area contributed by atoms with Crippen molar-refractivity contribution in [3.8, 4) is 5.75 Å². The molecule has 0 saturated carbocycles. The van der Waals surface area contributed by atoms with Gasteiger partial charge in [0.05, 0.1) is 25.5 Å². The number of nitrogens with one attached hydrogen (secondary N) is 3. The zero-order chi connectivity index (χ0) is 25.1. The minimum Gasteiger partial charge on any atom is -0.497 e. The molecule has 0 radical (unpaired) electrons. The number of rotatable bonds is 6. The lowest BCUT2D eigenvalue weighted by Crippen LogP contribution is -2.43. The van der Waals surface area contributed by atoms with Crippen molar-refractivity contribution in [2.45, 2.75) is 13.0 Å². The van der Waals surface area contributed by atoms with E-state index < -0.39 is 11.8 Å². The zero-order valence-electron chi connectivity index (χ0n) is 19.4. The number of ether oxygens (including phenoxy) is 1. The number of carbonyl (C=O) groups excluding carboxylic acids is 2. The Bertz CT molecular complexity index is 1640. The first kappa shape index (κ1) is 22.9. The summed E-state index contributed by atoms with van der Waals surface area (Å²) in [5.74, 6) is -0.350. The molecule has 9 nitrogen and oxygen atoms in total. The van der Waals surface area contributed by atoms with Crippen LogP contribution in [0, 0.1) is 0 Å². The lowest BCUT2D eigenvalue weighted by Gasteiger charge is -2.12. The second-order valence-corrected chi connectivity index (χ2v) is 8.25. The van der Waals surface area contributed by atoms with Crippen molar-refractivity contribution in [3.05, 3.63) is 106 Å². The topological polar surface area (TPSA) is 118 Å². The highest BCUT2D eigenvalue weighted by atomic mass is 16.5. The maximum absolute atomic E-state index is 13.1. The minimum atomic E-state index is -0.623. The van der Waals surface area contributed by atoms with Gasteiger partial charge < -0.3 is 9.72 Å². The van der Waals surface area contributed by atoms with Gasteiger partial charge in [0.2, 0.25) is 5.91 Å². The number of hydrazine groups is 1. The van der Waals surface area contributed by atoms with Crippen LogP contribution in [-0.2, 0) is 17.8 Å². The molecule has 2 heterocycles. The van der Waals surface area contributed by atoms with Crippen LogP contribution in [0.25, 0.3) is 21.7 Å². The van der Waals surface area contributed by atoms with Gasteiger partial charge in [0.15, 0.2) is 5.69 Å². The predicted molar refractivity (Wildman–Crippen MR) is 136 cm³/mol. The van der Waals surface area contributed by atoms with Crippen LogP contribution in [0.15, 0.2) is 83.8 Å². The number of H-pyrrole nitrogens is 1. The summed E-state index contributed by atoms with van der Waals surface area (Å²) in [6, 6.07) is 21.7. The molecule has 3 aromatic carbocycles. The van der Waals surface area contributed by atoms with Crippen LogP contribution in [-0.4, -0.2) is 33.7 Å². The van der Waals surface area contributed by atoms with E-state index in [0.29, 0.717) is 16.5 Å². The number of amides is 2. The van der Waals surface area contributed by atoms with Gasteiger partial charge in [-0.25, -0.2) is 4.68 Å².